The zero-order chi connectivity index (χ0) is 22.5. The van der Waals surface area contributed by atoms with Crippen LogP contribution in [0.3, 0.4) is 0 Å². The Kier molecular flexibility index (Phi) is 6.81. The molecule has 2 aromatic carbocycles. The van der Waals surface area contributed by atoms with E-state index in [4.69, 9.17) is 14.2 Å². The van der Waals surface area contributed by atoms with Crippen molar-refractivity contribution in [3.63, 3.8) is 0 Å². The van der Waals surface area contributed by atoms with Crippen LogP contribution in [0.15, 0.2) is 42.5 Å². The van der Waals surface area contributed by atoms with Gasteiger partial charge >= 0.3 is 5.97 Å². The van der Waals surface area contributed by atoms with Crippen LogP contribution in [0.2, 0.25) is 0 Å². The summed E-state index contributed by atoms with van der Waals surface area (Å²) in [6, 6.07) is 11.9. The van der Waals surface area contributed by atoms with E-state index >= 15 is 0 Å². The van der Waals surface area contributed by atoms with Crippen molar-refractivity contribution in [2.45, 2.75) is 26.0 Å². The molecule has 0 radical (unpaired) electrons. The van der Waals surface area contributed by atoms with Gasteiger partial charge in [0.2, 0.25) is 0 Å². The highest BCUT2D eigenvalue weighted by molar-refractivity contribution is 5.90. The number of carboxylic acids is 1. The van der Waals surface area contributed by atoms with Crippen LogP contribution in [0.4, 0.5) is 0 Å². The Morgan fingerprint density at radius 2 is 1.77 bits per heavy atom. The smallest absolute Gasteiger partial charge is 0.335 e. The van der Waals surface area contributed by atoms with Crippen LogP contribution in [0, 0.1) is 0 Å². The van der Waals surface area contributed by atoms with E-state index in [0.717, 1.165) is 5.56 Å². The molecule has 0 saturated heterocycles. The molecular formula is C23H26N2O6. The van der Waals surface area contributed by atoms with E-state index in [1.54, 1.807) is 31.0 Å². The van der Waals surface area contributed by atoms with Gasteiger partial charge in [0.05, 0.1) is 50.9 Å². The molecule has 164 valence electrons. The van der Waals surface area contributed by atoms with E-state index in [9.17, 15) is 15.0 Å². The van der Waals surface area contributed by atoms with Gasteiger partial charge in [-0.05, 0) is 42.8 Å². The second-order valence-electron chi connectivity index (χ2n) is 6.92. The summed E-state index contributed by atoms with van der Waals surface area (Å²) in [4.78, 5) is 11.5. The summed E-state index contributed by atoms with van der Waals surface area (Å²) in [5.74, 6) is 0.556. The van der Waals surface area contributed by atoms with Gasteiger partial charge in [-0.2, -0.15) is 5.10 Å². The van der Waals surface area contributed by atoms with Crippen molar-refractivity contribution in [2.24, 2.45) is 0 Å². The maximum absolute atomic E-state index is 11.5. The van der Waals surface area contributed by atoms with Crippen molar-refractivity contribution >= 4 is 5.97 Å². The van der Waals surface area contributed by atoms with Gasteiger partial charge in [-0.1, -0.05) is 13.0 Å². The van der Waals surface area contributed by atoms with Crippen molar-refractivity contribution in [2.75, 3.05) is 21.3 Å². The predicted octanol–water partition coefficient (Wildman–Crippen LogP) is 3.71. The maximum Gasteiger partial charge on any atom is 0.335 e. The normalized spacial score (nSPS) is 11.8. The molecule has 1 aromatic heterocycles. The van der Waals surface area contributed by atoms with Crippen molar-refractivity contribution in [1.82, 2.24) is 9.78 Å². The lowest BCUT2D eigenvalue weighted by Crippen LogP contribution is -2.16. The lowest BCUT2D eigenvalue weighted by atomic mass is 10.0. The fourth-order valence-electron chi connectivity index (χ4n) is 3.36. The van der Waals surface area contributed by atoms with Gasteiger partial charge in [-0.3, -0.25) is 4.68 Å². The van der Waals surface area contributed by atoms with E-state index in [1.165, 1.54) is 19.2 Å². The molecular weight excluding hydrogens is 400 g/mol. The number of nitrogens with zero attached hydrogens (tertiary/aromatic N) is 2. The molecule has 0 saturated carbocycles. The molecule has 3 rings (SSSR count). The third kappa shape index (κ3) is 4.49. The number of ether oxygens (including phenoxy) is 3. The first-order chi connectivity index (χ1) is 14.9. The fraction of sp³-hybridized carbons (Fsp3) is 0.304. The molecule has 1 heterocycles. The summed E-state index contributed by atoms with van der Waals surface area (Å²) in [7, 11) is 4.64. The highest BCUT2D eigenvalue weighted by Crippen LogP contribution is 2.40. The molecule has 8 heteroatoms. The molecule has 0 spiro atoms. The topological polar surface area (TPSA) is 103 Å². The molecule has 0 aliphatic heterocycles. The SMILES string of the molecule is CCC(O)Cn1nc(-c2cc(C(=O)O)ccc2OC)cc1-c1cccc(OC)c1OC. The first-order valence-electron chi connectivity index (χ1n) is 9.82. The number of benzene rings is 2. The number of rotatable bonds is 9. The zero-order valence-corrected chi connectivity index (χ0v) is 18.0. The van der Waals surface area contributed by atoms with E-state index in [1.807, 2.05) is 25.1 Å². The molecule has 1 unspecified atom stereocenters. The summed E-state index contributed by atoms with van der Waals surface area (Å²) in [5.41, 5.74) is 2.61. The molecule has 2 N–H and O–H groups in total. The molecule has 0 aliphatic carbocycles. The number of aliphatic hydroxyl groups excluding tert-OH is 1. The van der Waals surface area contributed by atoms with Gasteiger partial charge < -0.3 is 24.4 Å². The van der Waals surface area contributed by atoms with E-state index < -0.39 is 12.1 Å². The number of aromatic carboxylic acids is 1. The van der Waals surface area contributed by atoms with Gasteiger partial charge in [0.1, 0.15) is 5.75 Å². The van der Waals surface area contributed by atoms with Crippen LogP contribution in [0.25, 0.3) is 22.5 Å². The van der Waals surface area contributed by atoms with Gasteiger partial charge in [0.15, 0.2) is 11.5 Å². The molecule has 31 heavy (non-hydrogen) atoms. The summed E-state index contributed by atoms with van der Waals surface area (Å²) >= 11 is 0. The summed E-state index contributed by atoms with van der Waals surface area (Å²) < 4.78 is 18.1. The van der Waals surface area contributed by atoms with E-state index in [0.29, 0.717) is 40.6 Å². The number of para-hydroxylation sites is 1. The van der Waals surface area contributed by atoms with Crippen LogP contribution in [-0.2, 0) is 6.54 Å². The largest absolute Gasteiger partial charge is 0.496 e. The van der Waals surface area contributed by atoms with Gasteiger partial charge in [-0.25, -0.2) is 4.79 Å². The third-order valence-corrected chi connectivity index (χ3v) is 5.04. The zero-order valence-electron chi connectivity index (χ0n) is 18.0. The Labute approximate surface area is 180 Å². The summed E-state index contributed by atoms with van der Waals surface area (Å²) in [5, 5.41) is 24.4. The van der Waals surface area contributed by atoms with Crippen LogP contribution in [0.5, 0.6) is 17.2 Å². The van der Waals surface area contributed by atoms with Gasteiger partial charge in [0.25, 0.3) is 0 Å². The molecule has 8 nitrogen and oxygen atoms in total. The van der Waals surface area contributed by atoms with Gasteiger partial charge in [0, 0.05) is 11.1 Å². The number of carboxylic acid groups (broad SMARTS) is 1. The fourth-order valence-corrected chi connectivity index (χ4v) is 3.36. The number of carbonyl (C=O) groups is 1. The Morgan fingerprint density at radius 1 is 1.03 bits per heavy atom. The van der Waals surface area contributed by atoms with E-state index in [2.05, 4.69) is 5.10 Å². The minimum absolute atomic E-state index is 0.124. The molecule has 1 atom stereocenters. The van der Waals surface area contributed by atoms with Crippen molar-refractivity contribution in [3.05, 3.63) is 48.0 Å². The van der Waals surface area contributed by atoms with Crippen LogP contribution < -0.4 is 14.2 Å². The van der Waals surface area contributed by atoms with Crippen LogP contribution >= 0.6 is 0 Å². The van der Waals surface area contributed by atoms with Crippen LogP contribution in [-0.4, -0.2) is 53.4 Å². The third-order valence-electron chi connectivity index (χ3n) is 5.04. The summed E-state index contributed by atoms with van der Waals surface area (Å²) in [6.45, 7) is 2.15. The lowest BCUT2D eigenvalue weighted by molar-refractivity contribution is 0.0697. The van der Waals surface area contributed by atoms with Crippen molar-refractivity contribution < 1.29 is 29.2 Å². The predicted molar refractivity (Wildman–Crippen MR) is 116 cm³/mol. The van der Waals surface area contributed by atoms with Crippen LogP contribution in [0.1, 0.15) is 23.7 Å². The summed E-state index contributed by atoms with van der Waals surface area (Å²) in [6.07, 6.45) is -0.0443. The second kappa shape index (κ2) is 9.53. The quantitative estimate of drug-likeness (QED) is 0.538. The first-order valence-corrected chi connectivity index (χ1v) is 9.82. The van der Waals surface area contributed by atoms with E-state index in [-0.39, 0.29) is 12.1 Å². The minimum Gasteiger partial charge on any atom is -0.496 e. The number of methoxy groups -OCH3 is 3. The average molecular weight is 426 g/mol. The monoisotopic (exact) mass is 426 g/mol. The van der Waals surface area contributed by atoms with Gasteiger partial charge in [-0.15, -0.1) is 0 Å². The number of hydrogen-bond acceptors (Lipinski definition) is 6. The molecule has 3 aromatic rings. The molecule has 0 amide bonds. The molecule has 0 aliphatic rings. The first kappa shape index (κ1) is 22.2. The van der Waals surface area contributed by atoms with Crippen molar-refractivity contribution in [3.8, 4) is 39.8 Å². The number of aliphatic hydroxyl groups is 1. The number of aromatic nitrogens is 2. The number of hydrogen-bond donors (Lipinski definition) is 2. The van der Waals surface area contributed by atoms with Crippen molar-refractivity contribution in [1.29, 1.82) is 0 Å². The lowest BCUT2D eigenvalue weighted by Gasteiger charge is -2.15. The molecule has 0 fully saturated rings. The Morgan fingerprint density at radius 3 is 2.39 bits per heavy atom. The highest BCUT2D eigenvalue weighted by atomic mass is 16.5. The Bertz CT molecular complexity index is 1080. The minimum atomic E-state index is -1.04. The highest BCUT2D eigenvalue weighted by Gasteiger charge is 2.21. The maximum atomic E-state index is 11.5. The molecule has 0 bridgehead atoms. The Balaban J connectivity index is 2.23. The Hall–Kier alpha value is -3.52. The standard InChI is InChI=1S/C23H26N2O6/c1-5-15(26)13-25-19(16-7-6-8-21(30-3)22(16)31-4)12-18(24-25)17-11-14(23(27)28)9-10-20(17)29-2/h6-12,15,26H,5,13H2,1-4H3,(H,27,28). The average Bonchev–Trinajstić information content (AvgIpc) is 3.20. The second-order valence-corrected chi connectivity index (χ2v) is 6.92.